The Balaban J connectivity index is 0.000000142. The first kappa shape index (κ1) is 23.3. The summed E-state index contributed by atoms with van der Waals surface area (Å²) in [6.45, 7) is 2.82. The fourth-order valence-corrected chi connectivity index (χ4v) is 5.19. The van der Waals surface area contributed by atoms with Gasteiger partial charge in [0.15, 0.2) is 11.6 Å². The summed E-state index contributed by atoms with van der Waals surface area (Å²) in [7, 11) is 0. The van der Waals surface area contributed by atoms with Gasteiger partial charge in [-0.05, 0) is 25.7 Å². The number of rotatable bonds is 3. The van der Waals surface area contributed by atoms with Crippen molar-refractivity contribution in [1.82, 2.24) is 19.5 Å². The second-order valence-corrected chi connectivity index (χ2v) is 9.14. The van der Waals surface area contributed by atoms with E-state index in [0.717, 1.165) is 64.6 Å². The monoisotopic (exact) mass is 472 g/mol. The zero-order valence-corrected chi connectivity index (χ0v) is 19.3. The normalized spacial score (nSPS) is 25.7. The molecule has 0 N–H and O–H groups in total. The molecule has 2 spiro atoms. The van der Waals surface area contributed by atoms with Gasteiger partial charge in [-0.1, -0.05) is 0 Å². The molecule has 4 fully saturated rings. The summed E-state index contributed by atoms with van der Waals surface area (Å²) in [4.78, 5) is 23.6. The highest BCUT2D eigenvalue weighted by molar-refractivity contribution is 5.05. The van der Waals surface area contributed by atoms with E-state index < -0.39 is 0 Å². The van der Waals surface area contributed by atoms with Crippen LogP contribution in [0.2, 0.25) is 0 Å². The molecule has 10 nitrogen and oxygen atoms in total. The number of aromatic nitrogens is 4. The number of ether oxygens (including phenoxy) is 5. The smallest absolute Gasteiger partial charge is 0.253 e. The maximum Gasteiger partial charge on any atom is 0.253 e. The lowest BCUT2D eigenvalue weighted by Crippen LogP contribution is -2.38. The van der Waals surface area contributed by atoms with Gasteiger partial charge in [0.25, 0.3) is 5.56 Å². The maximum atomic E-state index is 11.7. The van der Waals surface area contributed by atoms with Gasteiger partial charge in [0.1, 0.15) is 12.4 Å². The van der Waals surface area contributed by atoms with Crippen molar-refractivity contribution in [3.05, 3.63) is 47.5 Å². The number of nitrogens with zero attached hydrogens (tertiary/aromatic N) is 4. The summed E-state index contributed by atoms with van der Waals surface area (Å²) >= 11 is 0. The molecule has 4 heterocycles. The van der Waals surface area contributed by atoms with Crippen molar-refractivity contribution in [2.75, 3.05) is 26.4 Å². The SMILES string of the molecule is O=c1ccncn1C1CCC2(CC1)OCCO2.c1cc(OC2CCC3(CC2)OCCO3)ncn1. The molecule has 0 atom stereocenters. The lowest BCUT2D eigenvalue weighted by Gasteiger charge is -2.35. The summed E-state index contributed by atoms with van der Waals surface area (Å²) < 4.78 is 30.2. The van der Waals surface area contributed by atoms with Crippen molar-refractivity contribution in [2.24, 2.45) is 0 Å². The van der Waals surface area contributed by atoms with Gasteiger partial charge in [-0.2, -0.15) is 0 Å². The van der Waals surface area contributed by atoms with Gasteiger partial charge in [0, 0.05) is 56.3 Å². The number of hydrogen-bond donors (Lipinski definition) is 0. The van der Waals surface area contributed by atoms with E-state index in [1.54, 1.807) is 23.2 Å². The second kappa shape index (κ2) is 10.5. The first-order valence-corrected chi connectivity index (χ1v) is 12.2. The third kappa shape index (κ3) is 5.46. The first-order valence-electron chi connectivity index (χ1n) is 12.2. The average molecular weight is 473 g/mol. The quantitative estimate of drug-likeness (QED) is 0.666. The fourth-order valence-electron chi connectivity index (χ4n) is 5.19. The van der Waals surface area contributed by atoms with E-state index in [2.05, 4.69) is 15.0 Å². The van der Waals surface area contributed by atoms with Crippen LogP contribution in [0.15, 0.2) is 42.0 Å². The lowest BCUT2D eigenvalue weighted by atomic mass is 9.90. The first-order chi connectivity index (χ1) is 16.7. The van der Waals surface area contributed by atoms with Crippen LogP contribution in [0.3, 0.4) is 0 Å². The van der Waals surface area contributed by atoms with E-state index in [1.165, 1.54) is 18.6 Å². The van der Waals surface area contributed by atoms with E-state index in [4.69, 9.17) is 23.7 Å². The molecule has 10 heteroatoms. The van der Waals surface area contributed by atoms with Crippen LogP contribution in [0.25, 0.3) is 0 Å². The van der Waals surface area contributed by atoms with Crippen LogP contribution >= 0.6 is 0 Å². The highest BCUT2D eigenvalue weighted by Crippen LogP contribution is 2.39. The van der Waals surface area contributed by atoms with Gasteiger partial charge in [0.2, 0.25) is 5.88 Å². The van der Waals surface area contributed by atoms with E-state index in [9.17, 15) is 4.79 Å². The standard InChI is InChI=1S/2C12H16N2O3/c1-4-12(15-7-8-16-12)5-2-10(1)17-11-3-6-13-9-14-11;15-11-3-6-13-9-14(11)10-1-4-12(5-2-10)16-7-8-17-12/h2*3,6,9-10H,1-2,4-5,7-8H2. The molecule has 0 aromatic carbocycles. The topological polar surface area (TPSA) is 107 Å². The van der Waals surface area contributed by atoms with Crippen molar-refractivity contribution in [3.8, 4) is 5.88 Å². The summed E-state index contributed by atoms with van der Waals surface area (Å²) in [6.07, 6.45) is 13.8. The lowest BCUT2D eigenvalue weighted by molar-refractivity contribution is -0.186. The van der Waals surface area contributed by atoms with E-state index >= 15 is 0 Å². The van der Waals surface area contributed by atoms with Crippen molar-refractivity contribution in [1.29, 1.82) is 0 Å². The predicted octanol–water partition coefficient (Wildman–Crippen LogP) is 2.64. The Morgan fingerprint density at radius 2 is 1.41 bits per heavy atom. The Morgan fingerprint density at radius 3 is 1.97 bits per heavy atom. The van der Waals surface area contributed by atoms with Gasteiger partial charge < -0.3 is 23.7 Å². The summed E-state index contributed by atoms with van der Waals surface area (Å²) in [5.41, 5.74) is 0.0224. The molecule has 0 bridgehead atoms. The largest absolute Gasteiger partial charge is 0.474 e. The summed E-state index contributed by atoms with van der Waals surface area (Å²) in [5, 5.41) is 0. The van der Waals surface area contributed by atoms with Crippen molar-refractivity contribution < 1.29 is 23.7 Å². The minimum Gasteiger partial charge on any atom is -0.474 e. The third-order valence-corrected chi connectivity index (χ3v) is 7.02. The molecule has 0 unspecified atom stereocenters. The Labute approximate surface area is 198 Å². The molecule has 2 aromatic rings. The van der Waals surface area contributed by atoms with Gasteiger partial charge >= 0.3 is 0 Å². The minimum atomic E-state index is -0.359. The highest BCUT2D eigenvalue weighted by atomic mass is 16.7. The van der Waals surface area contributed by atoms with Crippen LogP contribution in [0.5, 0.6) is 5.88 Å². The zero-order valence-electron chi connectivity index (χ0n) is 19.3. The zero-order chi connectivity index (χ0) is 23.3. The minimum absolute atomic E-state index is 0.0224. The van der Waals surface area contributed by atoms with Gasteiger partial charge in [0.05, 0.1) is 32.8 Å². The molecule has 6 rings (SSSR count). The van der Waals surface area contributed by atoms with Crippen LogP contribution in [-0.4, -0.2) is 63.6 Å². The third-order valence-electron chi connectivity index (χ3n) is 7.02. The Kier molecular flexibility index (Phi) is 7.19. The van der Waals surface area contributed by atoms with Crippen molar-refractivity contribution >= 4 is 0 Å². The van der Waals surface area contributed by atoms with Crippen molar-refractivity contribution in [2.45, 2.75) is 75.1 Å². The van der Waals surface area contributed by atoms with E-state index in [0.29, 0.717) is 19.1 Å². The highest BCUT2D eigenvalue weighted by Gasteiger charge is 2.41. The summed E-state index contributed by atoms with van der Waals surface area (Å²) in [5.74, 6) is -0.0254. The molecule has 184 valence electrons. The molecule has 2 aromatic heterocycles. The predicted molar refractivity (Wildman–Crippen MR) is 120 cm³/mol. The van der Waals surface area contributed by atoms with Gasteiger partial charge in [-0.15, -0.1) is 0 Å². The number of hydrogen-bond acceptors (Lipinski definition) is 9. The average Bonchev–Trinajstić information content (AvgIpc) is 3.53. The van der Waals surface area contributed by atoms with Crippen LogP contribution in [0, 0.1) is 0 Å². The molecule has 4 aliphatic rings. The molecular formula is C24H32N4O6. The van der Waals surface area contributed by atoms with Gasteiger partial charge in [-0.25, -0.2) is 15.0 Å². The molecule has 2 aliphatic heterocycles. The Hall–Kier alpha value is -2.40. The molecule has 0 radical (unpaired) electrons. The maximum absolute atomic E-state index is 11.7. The molecule has 2 saturated carbocycles. The van der Waals surface area contributed by atoms with Crippen LogP contribution in [0.1, 0.15) is 57.4 Å². The van der Waals surface area contributed by atoms with E-state index in [-0.39, 0.29) is 29.3 Å². The molecular weight excluding hydrogens is 440 g/mol. The van der Waals surface area contributed by atoms with Crippen LogP contribution in [0.4, 0.5) is 0 Å². The molecule has 2 saturated heterocycles. The fraction of sp³-hybridized carbons (Fsp3) is 0.667. The summed E-state index contributed by atoms with van der Waals surface area (Å²) in [6, 6.07) is 3.52. The second-order valence-electron chi connectivity index (χ2n) is 9.14. The molecule has 0 amide bonds. The van der Waals surface area contributed by atoms with Crippen LogP contribution < -0.4 is 10.3 Å². The molecule has 34 heavy (non-hydrogen) atoms. The van der Waals surface area contributed by atoms with E-state index in [1.807, 2.05) is 0 Å². The van der Waals surface area contributed by atoms with Crippen LogP contribution in [-0.2, 0) is 18.9 Å². The molecule has 2 aliphatic carbocycles. The Bertz CT molecular complexity index is 955. The van der Waals surface area contributed by atoms with Gasteiger partial charge in [-0.3, -0.25) is 9.36 Å². The van der Waals surface area contributed by atoms with Crippen molar-refractivity contribution in [3.63, 3.8) is 0 Å². The Morgan fingerprint density at radius 1 is 0.824 bits per heavy atom.